The molecule has 0 amide bonds. The summed E-state index contributed by atoms with van der Waals surface area (Å²) in [4.78, 5) is 24.5. The van der Waals surface area contributed by atoms with Crippen LogP contribution >= 0.6 is 0 Å². The molecule has 0 radical (unpaired) electrons. The van der Waals surface area contributed by atoms with E-state index >= 15 is 0 Å². The molecule has 4 aliphatic rings. The fourth-order valence-electron chi connectivity index (χ4n) is 6.68. The first kappa shape index (κ1) is 17.4. The van der Waals surface area contributed by atoms with E-state index in [-0.39, 0.29) is 46.9 Å². The summed E-state index contributed by atoms with van der Waals surface area (Å²) in [5.74, 6) is -2.50. The van der Waals surface area contributed by atoms with E-state index in [1.54, 1.807) is 0 Å². The van der Waals surface area contributed by atoms with E-state index in [0.717, 1.165) is 38.5 Å². The van der Waals surface area contributed by atoms with Crippen molar-refractivity contribution in [3.63, 3.8) is 0 Å². The molecule has 0 unspecified atom stereocenters. The Morgan fingerprint density at radius 2 is 1.92 bits per heavy atom. The maximum atomic E-state index is 14.9. The summed E-state index contributed by atoms with van der Waals surface area (Å²) < 4.78 is 29.8. The van der Waals surface area contributed by atoms with E-state index in [9.17, 15) is 18.4 Å². The van der Waals surface area contributed by atoms with Gasteiger partial charge in [0.15, 0.2) is 5.78 Å². The smallest absolute Gasteiger partial charge is 0.270 e. The molecule has 0 bridgehead atoms. The topological polar surface area (TPSA) is 34.1 Å². The maximum absolute atomic E-state index is 14.9. The number of fused-ring (bicyclic) bond motifs is 5. The number of hydrogen-bond acceptors (Lipinski definition) is 2. The van der Waals surface area contributed by atoms with Crippen LogP contribution in [0.15, 0.2) is 11.6 Å². The largest absolute Gasteiger partial charge is 0.299 e. The van der Waals surface area contributed by atoms with Crippen molar-refractivity contribution in [3.8, 4) is 0 Å². The quantitative estimate of drug-likeness (QED) is 0.708. The van der Waals surface area contributed by atoms with Crippen LogP contribution in [0.1, 0.15) is 71.1 Å². The highest BCUT2D eigenvalue weighted by molar-refractivity contribution is 5.91. The second-order valence-electron chi connectivity index (χ2n) is 8.81. The van der Waals surface area contributed by atoms with Gasteiger partial charge in [0.2, 0.25) is 0 Å². The lowest BCUT2D eigenvalue weighted by atomic mass is 9.50. The third-order valence-electron chi connectivity index (χ3n) is 7.76. The Labute approximate surface area is 148 Å². The summed E-state index contributed by atoms with van der Waals surface area (Å²) in [6, 6.07) is 0. The van der Waals surface area contributed by atoms with Gasteiger partial charge in [-0.05, 0) is 61.9 Å². The molecule has 0 aromatic heterocycles. The Balaban J connectivity index is 1.68. The normalized spacial score (nSPS) is 42.4. The lowest BCUT2D eigenvalue weighted by molar-refractivity contribution is -0.140. The second kappa shape index (κ2) is 5.99. The Hall–Kier alpha value is -1.06. The lowest BCUT2D eigenvalue weighted by Gasteiger charge is -2.54. The summed E-state index contributed by atoms with van der Waals surface area (Å²) in [6.45, 7) is 2.13. The van der Waals surface area contributed by atoms with Crippen LogP contribution in [0.3, 0.4) is 0 Å². The average molecular weight is 350 g/mol. The van der Waals surface area contributed by atoms with Crippen molar-refractivity contribution in [1.82, 2.24) is 0 Å². The molecular weight excluding hydrogens is 322 g/mol. The van der Waals surface area contributed by atoms with Gasteiger partial charge >= 0.3 is 0 Å². The Morgan fingerprint density at radius 3 is 2.68 bits per heavy atom. The molecule has 4 heteroatoms. The van der Waals surface area contributed by atoms with Crippen molar-refractivity contribution in [2.45, 2.75) is 77.1 Å². The molecule has 0 heterocycles. The molecule has 0 aromatic carbocycles. The molecule has 3 saturated carbocycles. The van der Waals surface area contributed by atoms with Gasteiger partial charge in [-0.25, -0.2) is 8.78 Å². The maximum Gasteiger partial charge on any atom is 0.270 e. The van der Waals surface area contributed by atoms with Gasteiger partial charge in [0.1, 0.15) is 5.78 Å². The molecule has 0 aliphatic heterocycles. The number of ketones is 2. The van der Waals surface area contributed by atoms with Crippen LogP contribution in [0, 0.1) is 29.1 Å². The minimum Gasteiger partial charge on any atom is -0.299 e. The molecule has 0 saturated heterocycles. The van der Waals surface area contributed by atoms with Gasteiger partial charge in [0, 0.05) is 30.3 Å². The number of carbonyl (C=O) groups excluding carboxylic acids is 2. The van der Waals surface area contributed by atoms with Crippen LogP contribution in [0.2, 0.25) is 0 Å². The zero-order chi connectivity index (χ0) is 17.8. The van der Waals surface area contributed by atoms with Crippen LogP contribution < -0.4 is 0 Å². The highest BCUT2D eigenvalue weighted by Crippen LogP contribution is 2.64. The third-order valence-corrected chi connectivity index (χ3v) is 7.76. The van der Waals surface area contributed by atoms with Gasteiger partial charge in [0.05, 0.1) is 0 Å². The molecule has 3 fully saturated rings. The van der Waals surface area contributed by atoms with E-state index in [4.69, 9.17) is 0 Å². The van der Waals surface area contributed by atoms with Gasteiger partial charge in [-0.15, -0.1) is 0 Å². The van der Waals surface area contributed by atoms with Crippen molar-refractivity contribution in [2.24, 2.45) is 29.1 Å². The Bertz CT molecular complexity index is 623. The SMILES string of the molecule is CCCC[C@]12CC[C@H]3[C@@H](CC(F)(F)C4=CC(=O)CC[C@@H]43)[C@@H]1CCC2=O. The van der Waals surface area contributed by atoms with Gasteiger partial charge in [0.25, 0.3) is 5.92 Å². The van der Waals surface area contributed by atoms with E-state index in [0.29, 0.717) is 25.0 Å². The third kappa shape index (κ3) is 2.54. The van der Waals surface area contributed by atoms with Gasteiger partial charge in [-0.3, -0.25) is 9.59 Å². The van der Waals surface area contributed by atoms with E-state index < -0.39 is 5.92 Å². The number of carbonyl (C=O) groups is 2. The molecule has 5 atom stereocenters. The summed E-state index contributed by atoms with van der Waals surface area (Å²) in [5, 5.41) is 0. The molecule has 0 N–H and O–H groups in total. The molecule has 4 aliphatic carbocycles. The molecule has 0 spiro atoms. The molecule has 4 rings (SSSR count). The second-order valence-corrected chi connectivity index (χ2v) is 8.81. The zero-order valence-electron chi connectivity index (χ0n) is 15.0. The monoisotopic (exact) mass is 350 g/mol. The van der Waals surface area contributed by atoms with Crippen molar-refractivity contribution in [1.29, 1.82) is 0 Å². The fourth-order valence-corrected chi connectivity index (χ4v) is 6.68. The van der Waals surface area contributed by atoms with Crippen LogP contribution in [-0.2, 0) is 9.59 Å². The standard InChI is InChI=1S/C21H28F2O2/c1-2-3-9-20-10-8-14-15-5-4-13(24)11-18(15)21(22,23)12-16(14)17(20)6-7-19(20)25/h11,14-17H,2-10,12H2,1H3/t14-,15-,16-,17+,20+/m1/s1. The van der Waals surface area contributed by atoms with Crippen LogP contribution in [0.5, 0.6) is 0 Å². The summed E-state index contributed by atoms with van der Waals surface area (Å²) in [7, 11) is 0. The number of halogens is 2. The van der Waals surface area contributed by atoms with E-state index in [2.05, 4.69) is 6.92 Å². The number of hydrogen-bond donors (Lipinski definition) is 0. The summed E-state index contributed by atoms with van der Waals surface area (Å²) in [6.07, 6.45) is 8.14. The van der Waals surface area contributed by atoms with Gasteiger partial charge < -0.3 is 0 Å². The predicted molar refractivity (Wildman–Crippen MR) is 91.3 cm³/mol. The van der Waals surface area contributed by atoms with Gasteiger partial charge in [-0.2, -0.15) is 0 Å². The van der Waals surface area contributed by atoms with Crippen LogP contribution in [0.25, 0.3) is 0 Å². The first-order valence-corrected chi connectivity index (χ1v) is 10.0. The lowest BCUT2D eigenvalue weighted by Crippen LogP contribution is -2.52. The highest BCUT2D eigenvalue weighted by Gasteiger charge is 2.62. The van der Waals surface area contributed by atoms with Crippen molar-refractivity contribution in [3.05, 3.63) is 11.6 Å². The van der Waals surface area contributed by atoms with Gasteiger partial charge in [-0.1, -0.05) is 19.8 Å². The Kier molecular flexibility index (Phi) is 4.16. The average Bonchev–Trinajstić information content (AvgIpc) is 2.91. The minimum atomic E-state index is -2.87. The minimum absolute atomic E-state index is 0.0533. The molecule has 0 aromatic rings. The van der Waals surface area contributed by atoms with E-state index in [1.807, 2.05) is 0 Å². The van der Waals surface area contributed by atoms with Crippen LogP contribution in [0.4, 0.5) is 8.78 Å². The molecule has 138 valence electrons. The van der Waals surface area contributed by atoms with E-state index in [1.165, 1.54) is 6.08 Å². The number of allylic oxidation sites excluding steroid dienone is 1. The van der Waals surface area contributed by atoms with Crippen molar-refractivity contribution < 1.29 is 18.4 Å². The first-order chi connectivity index (χ1) is 11.9. The first-order valence-electron chi connectivity index (χ1n) is 10.0. The van der Waals surface area contributed by atoms with Crippen molar-refractivity contribution >= 4 is 11.6 Å². The Morgan fingerprint density at radius 1 is 1.12 bits per heavy atom. The van der Waals surface area contributed by atoms with Crippen LogP contribution in [-0.4, -0.2) is 17.5 Å². The van der Waals surface area contributed by atoms with Crippen molar-refractivity contribution in [2.75, 3.05) is 0 Å². The highest BCUT2D eigenvalue weighted by atomic mass is 19.3. The number of unbranched alkanes of at least 4 members (excludes halogenated alkanes) is 1. The predicted octanol–water partition coefficient (Wildman–Crippen LogP) is 5.11. The zero-order valence-corrected chi connectivity index (χ0v) is 15.0. The number of alkyl halides is 2. The molecule has 2 nitrogen and oxygen atoms in total. The number of rotatable bonds is 3. The number of Topliss-reactive ketones (excluding diaryl/α,β-unsaturated/α-hetero) is 1. The molecular formula is C21H28F2O2. The summed E-state index contributed by atoms with van der Waals surface area (Å²) in [5.41, 5.74) is -0.214. The fraction of sp³-hybridized carbons (Fsp3) is 0.810. The molecule has 25 heavy (non-hydrogen) atoms. The summed E-state index contributed by atoms with van der Waals surface area (Å²) >= 11 is 0.